The van der Waals surface area contributed by atoms with Gasteiger partial charge in [-0.15, -0.1) is 0 Å². The Kier molecular flexibility index (Phi) is 2.43. The van der Waals surface area contributed by atoms with Gasteiger partial charge < -0.3 is 14.6 Å². The van der Waals surface area contributed by atoms with Crippen molar-refractivity contribution in [3.8, 4) is 5.75 Å². The maximum absolute atomic E-state index is 5.75. The van der Waals surface area contributed by atoms with Gasteiger partial charge in [-0.25, -0.2) is 0 Å². The van der Waals surface area contributed by atoms with Crippen LogP contribution >= 0.6 is 0 Å². The number of nitrogens with one attached hydrogen (secondary N) is 1. The highest BCUT2D eigenvalue weighted by atomic mass is 16.5. The predicted molar refractivity (Wildman–Crippen MR) is 69.3 cm³/mol. The molecular weight excluding hydrogens is 242 g/mol. The van der Waals surface area contributed by atoms with Gasteiger partial charge in [-0.2, -0.15) is 4.98 Å². The van der Waals surface area contributed by atoms with Gasteiger partial charge in [0.25, 0.3) is 0 Å². The molecule has 2 heterocycles. The minimum absolute atomic E-state index is 0.174. The number of rotatable bonds is 3. The first-order valence-corrected chi connectivity index (χ1v) is 6.69. The first-order valence-electron chi connectivity index (χ1n) is 6.69. The molecule has 1 aliphatic heterocycles. The van der Waals surface area contributed by atoms with Crippen LogP contribution in [0.25, 0.3) is 0 Å². The van der Waals surface area contributed by atoms with Gasteiger partial charge in [0.15, 0.2) is 5.82 Å². The fourth-order valence-corrected chi connectivity index (χ4v) is 2.36. The zero-order valence-corrected chi connectivity index (χ0v) is 10.5. The maximum Gasteiger partial charge on any atom is 0.321 e. The second-order valence-electron chi connectivity index (χ2n) is 5.20. The van der Waals surface area contributed by atoms with E-state index in [0.29, 0.717) is 18.7 Å². The number of ether oxygens (including phenoxy) is 1. The van der Waals surface area contributed by atoms with Gasteiger partial charge in [-0.3, -0.25) is 0 Å². The first kappa shape index (κ1) is 10.8. The lowest BCUT2D eigenvalue weighted by molar-refractivity contribution is 0.254. The average Bonchev–Trinajstić information content (AvgIpc) is 3.14. The van der Waals surface area contributed by atoms with Crippen molar-refractivity contribution in [3.05, 3.63) is 35.7 Å². The monoisotopic (exact) mass is 257 g/mol. The van der Waals surface area contributed by atoms with Gasteiger partial charge in [0.2, 0.25) is 0 Å². The van der Waals surface area contributed by atoms with Gasteiger partial charge >= 0.3 is 6.01 Å². The smallest absolute Gasteiger partial charge is 0.321 e. The molecule has 19 heavy (non-hydrogen) atoms. The highest BCUT2D eigenvalue weighted by Crippen LogP contribution is 2.31. The van der Waals surface area contributed by atoms with Crippen LogP contribution in [0.1, 0.15) is 30.1 Å². The standard InChI is InChI=1S/C14H15N3O2/c1-2-4-12-9(3-1)7-10(8-18-12)13-16-14(19-17-13)15-11-5-6-11/h1-4,10-11H,5-8H2,(H,15,16,17). The van der Waals surface area contributed by atoms with E-state index < -0.39 is 0 Å². The summed E-state index contributed by atoms with van der Waals surface area (Å²) in [5.74, 6) is 1.88. The normalized spacial score (nSPS) is 21.6. The van der Waals surface area contributed by atoms with E-state index in [9.17, 15) is 0 Å². The Bertz CT molecular complexity index is 592. The van der Waals surface area contributed by atoms with Crippen molar-refractivity contribution in [1.29, 1.82) is 0 Å². The van der Waals surface area contributed by atoms with Crippen LogP contribution in [0, 0.1) is 0 Å². The molecule has 1 saturated carbocycles. The van der Waals surface area contributed by atoms with E-state index in [0.717, 1.165) is 18.0 Å². The number of para-hydroxylation sites is 1. The zero-order chi connectivity index (χ0) is 12.7. The quantitative estimate of drug-likeness (QED) is 0.914. The van der Waals surface area contributed by atoms with Crippen molar-refractivity contribution in [3.63, 3.8) is 0 Å². The Morgan fingerprint density at radius 1 is 1.21 bits per heavy atom. The predicted octanol–water partition coefficient (Wildman–Crippen LogP) is 2.36. The Morgan fingerprint density at radius 2 is 2.11 bits per heavy atom. The third kappa shape index (κ3) is 2.16. The highest BCUT2D eigenvalue weighted by molar-refractivity contribution is 5.36. The fourth-order valence-electron chi connectivity index (χ4n) is 2.36. The lowest BCUT2D eigenvalue weighted by Gasteiger charge is -2.22. The van der Waals surface area contributed by atoms with E-state index in [-0.39, 0.29) is 5.92 Å². The number of anilines is 1. The van der Waals surface area contributed by atoms with E-state index in [4.69, 9.17) is 9.26 Å². The van der Waals surface area contributed by atoms with Crippen LogP contribution in [0.2, 0.25) is 0 Å². The van der Waals surface area contributed by atoms with Crippen molar-refractivity contribution < 1.29 is 9.26 Å². The molecule has 0 spiro atoms. The summed E-state index contributed by atoms with van der Waals surface area (Å²) in [5.41, 5.74) is 1.21. The number of hydrogen-bond donors (Lipinski definition) is 1. The van der Waals surface area contributed by atoms with E-state index in [1.807, 2.05) is 18.2 Å². The molecule has 98 valence electrons. The van der Waals surface area contributed by atoms with Crippen molar-refractivity contribution in [2.24, 2.45) is 0 Å². The molecule has 0 bridgehead atoms. The van der Waals surface area contributed by atoms with Gasteiger partial charge in [0.05, 0.1) is 12.5 Å². The second-order valence-corrected chi connectivity index (χ2v) is 5.20. The molecule has 2 aliphatic rings. The SMILES string of the molecule is c1ccc2c(c1)CC(c1noc(NC3CC3)n1)CO2. The molecule has 1 unspecified atom stereocenters. The largest absolute Gasteiger partial charge is 0.493 e. The molecule has 0 amide bonds. The summed E-state index contributed by atoms with van der Waals surface area (Å²) in [4.78, 5) is 4.42. The molecule has 5 heteroatoms. The molecule has 1 N–H and O–H groups in total. The summed E-state index contributed by atoms with van der Waals surface area (Å²) in [7, 11) is 0. The lowest BCUT2D eigenvalue weighted by atomic mass is 9.96. The van der Waals surface area contributed by atoms with Crippen LogP contribution < -0.4 is 10.1 Å². The molecule has 1 aromatic heterocycles. The summed E-state index contributed by atoms with van der Waals surface area (Å²) >= 11 is 0. The number of fused-ring (bicyclic) bond motifs is 1. The summed E-state index contributed by atoms with van der Waals surface area (Å²) in [6.45, 7) is 0.611. The molecule has 1 aliphatic carbocycles. The Hall–Kier alpha value is -2.04. The minimum Gasteiger partial charge on any atom is -0.493 e. The maximum atomic E-state index is 5.75. The Balaban J connectivity index is 1.52. The third-order valence-electron chi connectivity index (χ3n) is 3.59. The van der Waals surface area contributed by atoms with Crippen molar-refractivity contribution in [2.45, 2.75) is 31.2 Å². The van der Waals surface area contributed by atoms with Gasteiger partial charge in [0.1, 0.15) is 5.75 Å². The zero-order valence-electron chi connectivity index (χ0n) is 10.5. The number of benzene rings is 1. The van der Waals surface area contributed by atoms with E-state index >= 15 is 0 Å². The molecule has 2 aromatic rings. The summed E-state index contributed by atoms with van der Waals surface area (Å²) in [6.07, 6.45) is 3.29. The first-order chi connectivity index (χ1) is 9.38. The molecular formula is C14H15N3O2. The van der Waals surface area contributed by atoms with Crippen LogP contribution in [0.4, 0.5) is 6.01 Å². The van der Waals surface area contributed by atoms with E-state index in [2.05, 4.69) is 21.5 Å². The number of nitrogens with zero attached hydrogens (tertiary/aromatic N) is 2. The van der Waals surface area contributed by atoms with Crippen LogP contribution in [-0.2, 0) is 6.42 Å². The molecule has 0 radical (unpaired) electrons. The van der Waals surface area contributed by atoms with Crippen molar-refractivity contribution in [1.82, 2.24) is 10.1 Å². The number of aromatic nitrogens is 2. The highest BCUT2D eigenvalue weighted by Gasteiger charge is 2.27. The molecule has 1 atom stereocenters. The molecule has 5 nitrogen and oxygen atoms in total. The average molecular weight is 257 g/mol. The summed E-state index contributed by atoms with van der Waals surface area (Å²) in [5, 5.41) is 7.28. The van der Waals surface area contributed by atoms with Crippen molar-refractivity contribution >= 4 is 6.01 Å². The third-order valence-corrected chi connectivity index (χ3v) is 3.59. The van der Waals surface area contributed by atoms with E-state index in [1.165, 1.54) is 18.4 Å². The fraction of sp³-hybridized carbons (Fsp3) is 0.429. The van der Waals surface area contributed by atoms with Gasteiger partial charge in [0, 0.05) is 6.04 Å². The Labute approximate surface area is 111 Å². The van der Waals surface area contributed by atoms with Crippen LogP contribution in [0.3, 0.4) is 0 Å². The molecule has 1 fully saturated rings. The van der Waals surface area contributed by atoms with Crippen molar-refractivity contribution in [2.75, 3.05) is 11.9 Å². The van der Waals surface area contributed by atoms with Gasteiger partial charge in [-0.1, -0.05) is 23.4 Å². The molecule has 4 rings (SSSR count). The summed E-state index contributed by atoms with van der Waals surface area (Å²) < 4.78 is 11.0. The van der Waals surface area contributed by atoms with E-state index in [1.54, 1.807) is 0 Å². The van der Waals surface area contributed by atoms with Crippen LogP contribution in [-0.4, -0.2) is 22.8 Å². The van der Waals surface area contributed by atoms with Gasteiger partial charge in [-0.05, 0) is 30.9 Å². The minimum atomic E-state index is 0.174. The summed E-state index contributed by atoms with van der Waals surface area (Å²) in [6, 6.07) is 9.17. The topological polar surface area (TPSA) is 60.2 Å². The molecule has 1 aromatic carbocycles. The van der Waals surface area contributed by atoms with Crippen LogP contribution in [0.5, 0.6) is 5.75 Å². The lowest BCUT2D eigenvalue weighted by Crippen LogP contribution is -2.20. The number of hydrogen-bond acceptors (Lipinski definition) is 5. The second kappa shape index (κ2) is 4.26. The Morgan fingerprint density at radius 3 is 3.00 bits per heavy atom. The molecule has 0 saturated heterocycles. The van der Waals surface area contributed by atoms with Crippen LogP contribution in [0.15, 0.2) is 28.8 Å².